The minimum atomic E-state index is -0.0827. The van der Waals surface area contributed by atoms with Crippen LogP contribution >= 0.6 is 22.9 Å². The fourth-order valence-corrected chi connectivity index (χ4v) is 1.66. The third kappa shape index (κ3) is 3.61. The van der Waals surface area contributed by atoms with Crippen LogP contribution in [0.2, 0.25) is 4.47 Å². The van der Waals surface area contributed by atoms with Crippen molar-refractivity contribution in [2.24, 2.45) is 0 Å². The van der Waals surface area contributed by atoms with Gasteiger partial charge in [-0.1, -0.05) is 12.0 Å². The summed E-state index contributed by atoms with van der Waals surface area (Å²) >= 11 is 6.69. The molecule has 1 amide bonds. The summed E-state index contributed by atoms with van der Waals surface area (Å²) in [5.41, 5.74) is 0. The van der Waals surface area contributed by atoms with Gasteiger partial charge in [-0.2, -0.15) is 0 Å². The molecule has 0 saturated heterocycles. The largest absolute Gasteiger partial charge is 0.459 e. The van der Waals surface area contributed by atoms with Gasteiger partial charge in [0.25, 0.3) is 11.1 Å². The normalized spacial score (nSPS) is 12.2. The number of carbonyl (C=O) groups excluding carboxylic acids is 1. The molecule has 1 aromatic rings. The summed E-state index contributed by atoms with van der Waals surface area (Å²) in [5, 5.41) is 7.55. The summed E-state index contributed by atoms with van der Waals surface area (Å²) in [4.78, 5) is 13.3. The molecule has 0 radical (unpaired) electrons. The Bertz CT molecular complexity index is 358. The molecule has 90 valence electrons. The Morgan fingerprint density at radius 2 is 2.31 bits per heavy atom. The standard InChI is InChI=1S/C9H14ClN3O2S/c1-4-6(2)13(3)7(14)5-15-9-12-11-8(10)16-9/h6H,4-5H2,1-3H3. The first-order valence-corrected chi connectivity index (χ1v) is 6.11. The van der Waals surface area contributed by atoms with E-state index in [0.717, 1.165) is 17.8 Å². The van der Waals surface area contributed by atoms with Gasteiger partial charge in [0.05, 0.1) is 0 Å². The average molecular weight is 264 g/mol. The highest BCUT2D eigenvalue weighted by atomic mass is 35.5. The van der Waals surface area contributed by atoms with Crippen LogP contribution in [0.5, 0.6) is 5.19 Å². The SMILES string of the molecule is CCC(C)N(C)C(=O)COc1nnc(Cl)s1. The lowest BCUT2D eigenvalue weighted by atomic mass is 10.2. The monoisotopic (exact) mass is 263 g/mol. The van der Waals surface area contributed by atoms with Crippen LogP contribution in [-0.2, 0) is 4.79 Å². The van der Waals surface area contributed by atoms with Crippen LogP contribution in [0.3, 0.4) is 0 Å². The predicted molar refractivity (Wildman–Crippen MR) is 62.9 cm³/mol. The van der Waals surface area contributed by atoms with Gasteiger partial charge >= 0.3 is 0 Å². The zero-order chi connectivity index (χ0) is 12.1. The second-order valence-electron chi connectivity index (χ2n) is 3.37. The molecule has 1 heterocycles. The maximum atomic E-state index is 11.6. The molecule has 1 rings (SSSR count). The van der Waals surface area contributed by atoms with E-state index in [1.807, 2.05) is 13.8 Å². The number of hydrogen-bond donors (Lipinski definition) is 0. The number of likely N-dealkylation sites (N-methyl/N-ethyl adjacent to an activating group) is 1. The Labute approximate surface area is 103 Å². The van der Waals surface area contributed by atoms with Crippen molar-refractivity contribution in [3.8, 4) is 5.19 Å². The molecule has 1 unspecified atom stereocenters. The molecule has 5 nitrogen and oxygen atoms in total. The van der Waals surface area contributed by atoms with E-state index in [0.29, 0.717) is 9.66 Å². The highest BCUT2D eigenvalue weighted by Gasteiger charge is 2.15. The molecule has 0 fully saturated rings. The molecular formula is C9H14ClN3O2S. The van der Waals surface area contributed by atoms with Gasteiger partial charge < -0.3 is 9.64 Å². The summed E-state index contributed by atoms with van der Waals surface area (Å²) in [7, 11) is 1.76. The molecule has 0 aliphatic heterocycles. The first-order chi connectivity index (χ1) is 7.54. The Balaban J connectivity index is 2.40. The fourth-order valence-electron chi connectivity index (χ4n) is 0.996. The van der Waals surface area contributed by atoms with Crippen LogP contribution in [0.15, 0.2) is 0 Å². The van der Waals surface area contributed by atoms with E-state index in [9.17, 15) is 4.79 Å². The molecule has 0 bridgehead atoms. The number of halogens is 1. The summed E-state index contributed by atoms with van der Waals surface area (Å²) in [5.74, 6) is -0.0827. The van der Waals surface area contributed by atoms with E-state index in [-0.39, 0.29) is 18.6 Å². The first kappa shape index (κ1) is 13.2. The van der Waals surface area contributed by atoms with Gasteiger partial charge in [0.15, 0.2) is 6.61 Å². The van der Waals surface area contributed by atoms with E-state index in [2.05, 4.69) is 10.2 Å². The van der Waals surface area contributed by atoms with Crippen molar-refractivity contribution in [2.75, 3.05) is 13.7 Å². The quantitative estimate of drug-likeness (QED) is 0.813. The van der Waals surface area contributed by atoms with Crippen molar-refractivity contribution in [3.63, 3.8) is 0 Å². The zero-order valence-electron chi connectivity index (χ0n) is 9.44. The molecule has 1 aromatic heterocycles. The van der Waals surface area contributed by atoms with E-state index in [1.165, 1.54) is 0 Å². The lowest BCUT2D eigenvalue weighted by Crippen LogP contribution is -2.37. The lowest BCUT2D eigenvalue weighted by molar-refractivity contribution is -0.133. The maximum absolute atomic E-state index is 11.6. The van der Waals surface area contributed by atoms with Crippen LogP contribution < -0.4 is 4.74 Å². The van der Waals surface area contributed by atoms with Crippen LogP contribution in [-0.4, -0.2) is 40.7 Å². The van der Waals surface area contributed by atoms with Crippen LogP contribution in [0, 0.1) is 0 Å². The molecule has 0 aliphatic rings. The van der Waals surface area contributed by atoms with Crippen molar-refractivity contribution in [1.82, 2.24) is 15.1 Å². The Morgan fingerprint density at radius 1 is 1.62 bits per heavy atom. The van der Waals surface area contributed by atoms with Gasteiger partial charge in [0.2, 0.25) is 4.47 Å². The Morgan fingerprint density at radius 3 is 2.81 bits per heavy atom. The first-order valence-electron chi connectivity index (χ1n) is 4.92. The van der Waals surface area contributed by atoms with Crippen LogP contribution in [0.4, 0.5) is 0 Å². The molecule has 0 aromatic carbocycles. The van der Waals surface area contributed by atoms with Crippen molar-refractivity contribution in [2.45, 2.75) is 26.3 Å². The zero-order valence-corrected chi connectivity index (χ0v) is 11.0. The molecule has 1 atom stereocenters. The van der Waals surface area contributed by atoms with Crippen LogP contribution in [0.1, 0.15) is 20.3 Å². The average Bonchev–Trinajstić information content (AvgIpc) is 2.69. The van der Waals surface area contributed by atoms with Gasteiger partial charge in [-0.25, -0.2) is 0 Å². The summed E-state index contributed by atoms with van der Waals surface area (Å²) in [6.07, 6.45) is 0.910. The molecule has 0 N–H and O–H groups in total. The van der Waals surface area contributed by atoms with E-state index in [1.54, 1.807) is 11.9 Å². The topological polar surface area (TPSA) is 55.3 Å². The number of rotatable bonds is 5. The number of carbonyl (C=O) groups is 1. The fraction of sp³-hybridized carbons (Fsp3) is 0.667. The lowest BCUT2D eigenvalue weighted by Gasteiger charge is -2.23. The van der Waals surface area contributed by atoms with Gasteiger partial charge in [-0.3, -0.25) is 4.79 Å². The highest BCUT2D eigenvalue weighted by molar-refractivity contribution is 7.17. The van der Waals surface area contributed by atoms with Gasteiger partial charge in [0, 0.05) is 13.1 Å². The van der Waals surface area contributed by atoms with Crippen LogP contribution in [0.25, 0.3) is 0 Å². The number of hydrogen-bond acceptors (Lipinski definition) is 5. The molecule has 0 aliphatic carbocycles. The molecule has 0 saturated carbocycles. The Hall–Kier alpha value is -0.880. The van der Waals surface area contributed by atoms with Gasteiger partial charge in [0.1, 0.15) is 0 Å². The van der Waals surface area contributed by atoms with Gasteiger partial charge in [-0.05, 0) is 36.3 Å². The maximum Gasteiger partial charge on any atom is 0.295 e. The Kier molecular flexibility index (Phi) is 4.95. The molecule has 0 spiro atoms. The second-order valence-corrected chi connectivity index (χ2v) is 4.89. The van der Waals surface area contributed by atoms with Crippen molar-refractivity contribution >= 4 is 28.8 Å². The predicted octanol–water partition coefficient (Wildman–Crippen LogP) is 1.83. The number of amides is 1. The van der Waals surface area contributed by atoms with E-state index >= 15 is 0 Å². The van der Waals surface area contributed by atoms with E-state index < -0.39 is 0 Å². The summed E-state index contributed by atoms with van der Waals surface area (Å²) in [6.45, 7) is 3.98. The number of aromatic nitrogens is 2. The minimum Gasteiger partial charge on any atom is -0.459 e. The molecular weight excluding hydrogens is 250 g/mol. The van der Waals surface area contributed by atoms with Crippen molar-refractivity contribution in [1.29, 1.82) is 0 Å². The second kappa shape index (κ2) is 6.00. The van der Waals surface area contributed by atoms with E-state index in [4.69, 9.17) is 16.3 Å². The number of nitrogens with zero attached hydrogens (tertiary/aromatic N) is 3. The third-order valence-electron chi connectivity index (χ3n) is 2.35. The molecule has 16 heavy (non-hydrogen) atoms. The minimum absolute atomic E-state index is 0.0354. The molecule has 7 heteroatoms. The summed E-state index contributed by atoms with van der Waals surface area (Å²) < 4.78 is 5.48. The smallest absolute Gasteiger partial charge is 0.295 e. The highest BCUT2D eigenvalue weighted by Crippen LogP contribution is 2.21. The summed E-state index contributed by atoms with van der Waals surface area (Å²) in [6, 6.07) is 0.203. The van der Waals surface area contributed by atoms with Crippen molar-refractivity contribution < 1.29 is 9.53 Å². The third-order valence-corrected chi connectivity index (χ3v) is 3.28. The van der Waals surface area contributed by atoms with Gasteiger partial charge in [-0.15, -0.1) is 5.10 Å². The number of ether oxygens (including phenoxy) is 1. The van der Waals surface area contributed by atoms with Crippen molar-refractivity contribution in [3.05, 3.63) is 4.47 Å².